The molecule has 1 aromatic heterocycles. The van der Waals surface area contributed by atoms with Crippen molar-refractivity contribution in [1.29, 1.82) is 0 Å². The van der Waals surface area contributed by atoms with Gasteiger partial charge in [0.15, 0.2) is 0 Å². The molecule has 0 atom stereocenters. The highest BCUT2D eigenvalue weighted by atomic mass is 19.1. The zero-order valence-corrected chi connectivity index (χ0v) is 12.9. The van der Waals surface area contributed by atoms with Crippen molar-refractivity contribution in [2.24, 2.45) is 0 Å². The highest BCUT2D eigenvalue weighted by Gasteiger charge is 2.46. The summed E-state index contributed by atoms with van der Waals surface area (Å²) < 4.78 is 14.3. The molecular weight excluding hydrogens is 291 g/mol. The largest absolute Gasteiger partial charge is 0.278 e. The molecule has 0 fully saturated rings. The Morgan fingerprint density at radius 1 is 1.09 bits per heavy atom. The minimum atomic E-state index is -0.897. The van der Waals surface area contributed by atoms with Crippen molar-refractivity contribution in [2.45, 2.75) is 19.3 Å². The summed E-state index contributed by atoms with van der Waals surface area (Å²) in [6.07, 6.45) is 1.66. The quantitative estimate of drug-likeness (QED) is 0.670. The fourth-order valence-electron chi connectivity index (χ4n) is 3.25. The van der Waals surface area contributed by atoms with Crippen LogP contribution in [0.5, 0.6) is 0 Å². The molecule has 0 saturated heterocycles. The topological polar surface area (TPSA) is 33.2 Å². The summed E-state index contributed by atoms with van der Waals surface area (Å²) in [5.74, 6) is -0.494. The van der Waals surface area contributed by atoms with E-state index in [0.717, 1.165) is 10.9 Å². The molecule has 0 aliphatic carbocycles. The SMILES string of the molecule is CC1(C)C(=O)N(c2cnc3ccccc3c2)c2cccc(F)c21. The van der Waals surface area contributed by atoms with E-state index in [2.05, 4.69) is 4.98 Å². The lowest BCUT2D eigenvalue weighted by Gasteiger charge is -2.20. The van der Waals surface area contributed by atoms with E-state index in [1.165, 1.54) is 6.07 Å². The summed E-state index contributed by atoms with van der Waals surface area (Å²) in [5, 5.41) is 0.945. The zero-order valence-electron chi connectivity index (χ0n) is 12.9. The first kappa shape index (κ1) is 13.9. The molecule has 0 N–H and O–H groups in total. The first-order valence-corrected chi connectivity index (χ1v) is 7.48. The Morgan fingerprint density at radius 2 is 1.87 bits per heavy atom. The summed E-state index contributed by atoms with van der Waals surface area (Å²) in [6, 6.07) is 14.4. The van der Waals surface area contributed by atoms with Gasteiger partial charge in [0.2, 0.25) is 5.91 Å². The number of fused-ring (bicyclic) bond motifs is 2. The standard InChI is InChI=1S/C19H15FN2O/c1-19(2)17-14(20)7-5-9-16(17)22(18(19)23)13-10-12-6-3-4-8-15(12)21-11-13/h3-11H,1-2H3. The van der Waals surface area contributed by atoms with Crippen LogP contribution in [0.3, 0.4) is 0 Å². The van der Waals surface area contributed by atoms with Crippen LogP contribution in [0, 0.1) is 5.82 Å². The second-order valence-electron chi connectivity index (χ2n) is 6.29. The van der Waals surface area contributed by atoms with Crippen molar-refractivity contribution in [2.75, 3.05) is 4.90 Å². The number of rotatable bonds is 1. The Balaban J connectivity index is 1.95. The zero-order chi connectivity index (χ0) is 16.2. The normalized spacial score (nSPS) is 16.0. The van der Waals surface area contributed by atoms with Gasteiger partial charge < -0.3 is 0 Å². The van der Waals surface area contributed by atoms with Gasteiger partial charge in [-0.1, -0.05) is 24.3 Å². The van der Waals surface area contributed by atoms with Gasteiger partial charge in [0.1, 0.15) is 5.82 Å². The molecule has 0 unspecified atom stereocenters. The lowest BCUT2D eigenvalue weighted by Crippen LogP contribution is -2.33. The smallest absolute Gasteiger partial charge is 0.241 e. The molecule has 3 nitrogen and oxygen atoms in total. The van der Waals surface area contributed by atoms with Gasteiger partial charge >= 0.3 is 0 Å². The molecule has 4 rings (SSSR count). The number of amides is 1. The first-order chi connectivity index (χ1) is 11.0. The second kappa shape index (κ2) is 4.62. The molecule has 1 aliphatic rings. The van der Waals surface area contributed by atoms with Crippen molar-refractivity contribution in [1.82, 2.24) is 4.98 Å². The molecule has 4 heteroatoms. The molecule has 1 amide bonds. The van der Waals surface area contributed by atoms with Crippen LogP contribution in [-0.4, -0.2) is 10.9 Å². The molecule has 0 radical (unpaired) electrons. The van der Waals surface area contributed by atoms with Crippen LogP contribution in [0.2, 0.25) is 0 Å². The molecule has 0 spiro atoms. The van der Waals surface area contributed by atoms with E-state index in [0.29, 0.717) is 16.9 Å². The second-order valence-corrected chi connectivity index (χ2v) is 6.29. The molecule has 2 aromatic carbocycles. The van der Waals surface area contributed by atoms with Gasteiger partial charge in [0.25, 0.3) is 0 Å². The molecule has 0 saturated carbocycles. The predicted molar refractivity (Wildman–Crippen MR) is 88.3 cm³/mol. The number of carbonyl (C=O) groups excluding carboxylic acids is 1. The lowest BCUT2D eigenvalue weighted by atomic mass is 9.86. The summed E-state index contributed by atoms with van der Waals surface area (Å²) in [6.45, 7) is 3.51. The van der Waals surface area contributed by atoms with Crippen LogP contribution in [0.1, 0.15) is 19.4 Å². The number of pyridine rings is 1. The van der Waals surface area contributed by atoms with Crippen LogP contribution in [0.4, 0.5) is 15.8 Å². The molecule has 0 bridgehead atoms. The molecular formula is C19H15FN2O. The average Bonchev–Trinajstić information content (AvgIpc) is 2.75. The number of carbonyl (C=O) groups is 1. The number of para-hydroxylation sites is 1. The third-order valence-corrected chi connectivity index (χ3v) is 4.43. The maximum absolute atomic E-state index is 14.3. The molecule has 1 aliphatic heterocycles. The van der Waals surface area contributed by atoms with E-state index in [-0.39, 0.29) is 11.7 Å². The summed E-state index contributed by atoms with van der Waals surface area (Å²) >= 11 is 0. The summed E-state index contributed by atoms with van der Waals surface area (Å²) in [4.78, 5) is 18.9. The monoisotopic (exact) mass is 306 g/mol. The van der Waals surface area contributed by atoms with Crippen molar-refractivity contribution >= 4 is 28.2 Å². The van der Waals surface area contributed by atoms with Gasteiger partial charge in [-0.25, -0.2) is 4.39 Å². The minimum absolute atomic E-state index is 0.144. The Labute approximate surface area is 133 Å². The van der Waals surface area contributed by atoms with E-state index in [4.69, 9.17) is 0 Å². The van der Waals surface area contributed by atoms with Crippen molar-refractivity contribution in [3.05, 3.63) is 66.1 Å². The number of hydrogen-bond acceptors (Lipinski definition) is 2. The van der Waals surface area contributed by atoms with E-state index in [1.54, 1.807) is 37.1 Å². The van der Waals surface area contributed by atoms with Crippen LogP contribution < -0.4 is 4.90 Å². The van der Waals surface area contributed by atoms with E-state index >= 15 is 0 Å². The van der Waals surface area contributed by atoms with Gasteiger partial charge in [0.05, 0.1) is 28.5 Å². The summed E-state index contributed by atoms with van der Waals surface area (Å²) in [7, 11) is 0. The fourth-order valence-corrected chi connectivity index (χ4v) is 3.25. The highest BCUT2D eigenvalue weighted by molar-refractivity contribution is 6.13. The van der Waals surface area contributed by atoms with Gasteiger partial charge in [-0.05, 0) is 38.1 Å². The van der Waals surface area contributed by atoms with Crippen LogP contribution >= 0.6 is 0 Å². The summed E-state index contributed by atoms with van der Waals surface area (Å²) in [5.41, 5.74) is 1.66. The predicted octanol–water partition coefficient (Wildman–Crippen LogP) is 4.33. The number of benzene rings is 2. The van der Waals surface area contributed by atoms with Gasteiger partial charge in [-0.2, -0.15) is 0 Å². The molecule has 3 aromatic rings. The molecule has 23 heavy (non-hydrogen) atoms. The Bertz CT molecular complexity index is 949. The highest BCUT2D eigenvalue weighted by Crippen LogP contribution is 2.46. The number of aromatic nitrogens is 1. The van der Waals surface area contributed by atoms with Crippen molar-refractivity contribution in [3.8, 4) is 0 Å². The lowest BCUT2D eigenvalue weighted by molar-refractivity contribution is -0.121. The number of nitrogens with zero attached hydrogens (tertiary/aromatic N) is 2. The Morgan fingerprint density at radius 3 is 2.70 bits per heavy atom. The van der Waals surface area contributed by atoms with E-state index < -0.39 is 5.41 Å². The molecule has 114 valence electrons. The first-order valence-electron chi connectivity index (χ1n) is 7.48. The number of halogens is 1. The van der Waals surface area contributed by atoms with Crippen LogP contribution in [0.15, 0.2) is 54.7 Å². The van der Waals surface area contributed by atoms with Crippen molar-refractivity contribution < 1.29 is 9.18 Å². The van der Waals surface area contributed by atoms with Crippen LogP contribution in [-0.2, 0) is 10.2 Å². The molecule has 2 heterocycles. The van der Waals surface area contributed by atoms with Crippen LogP contribution in [0.25, 0.3) is 10.9 Å². The number of anilines is 2. The Kier molecular flexibility index (Phi) is 2.79. The maximum atomic E-state index is 14.3. The number of hydrogen-bond donors (Lipinski definition) is 0. The van der Waals surface area contributed by atoms with Gasteiger partial charge in [0, 0.05) is 10.9 Å². The average molecular weight is 306 g/mol. The van der Waals surface area contributed by atoms with E-state index in [9.17, 15) is 9.18 Å². The Hall–Kier alpha value is -2.75. The van der Waals surface area contributed by atoms with Gasteiger partial charge in [-0.3, -0.25) is 14.7 Å². The van der Waals surface area contributed by atoms with E-state index in [1.807, 2.05) is 30.3 Å². The third-order valence-electron chi connectivity index (χ3n) is 4.43. The third kappa shape index (κ3) is 1.88. The maximum Gasteiger partial charge on any atom is 0.241 e. The fraction of sp³-hybridized carbons (Fsp3) is 0.158. The van der Waals surface area contributed by atoms with Gasteiger partial charge in [-0.15, -0.1) is 0 Å². The van der Waals surface area contributed by atoms with Crippen molar-refractivity contribution in [3.63, 3.8) is 0 Å². The minimum Gasteiger partial charge on any atom is -0.278 e.